The van der Waals surface area contributed by atoms with Gasteiger partial charge in [0.05, 0.1) is 17.6 Å². The van der Waals surface area contributed by atoms with Gasteiger partial charge in [0, 0.05) is 26.1 Å². The molecular weight excluding hydrogens is 296 g/mol. The molecule has 0 spiro atoms. The Bertz CT molecular complexity index is 475. The van der Waals surface area contributed by atoms with E-state index in [9.17, 15) is 18.0 Å². The number of urea groups is 1. The second-order valence-corrected chi connectivity index (χ2v) is 7.87. The minimum absolute atomic E-state index is 0.0386. The van der Waals surface area contributed by atoms with Crippen molar-refractivity contribution in [3.8, 4) is 0 Å². The van der Waals surface area contributed by atoms with Gasteiger partial charge in [-0.15, -0.1) is 0 Å². The van der Waals surface area contributed by atoms with Crippen molar-refractivity contribution >= 4 is 21.7 Å². The summed E-state index contributed by atoms with van der Waals surface area (Å²) in [6, 6.07) is -1.16. The molecule has 8 heteroatoms. The number of Topliss-reactive ketones (excluding diaryl/α,β-unsaturated/α-hetero) is 1. The lowest BCUT2D eigenvalue weighted by molar-refractivity contribution is -0.126. The Morgan fingerprint density at radius 3 is 2.10 bits per heavy atom. The summed E-state index contributed by atoms with van der Waals surface area (Å²) in [6.07, 6.45) is -0.447. The number of carbonyl (C=O) groups excluding carboxylic acids is 2. The Morgan fingerprint density at radius 1 is 1.14 bits per heavy atom. The van der Waals surface area contributed by atoms with Crippen LogP contribution in [0.1, 0.15) is 20.8 Å². The van der Waals surface area contributed by atoms with E-state index in [0.717, 1.165) is 0 Å². The molecule has 1 fully saturated rings. The van der Waals surface area contributed by atoms with Crippen molar-refractivity contribution in [2.45, 2.75) is 32.9 Å². The molecule has 21 heavy (non-hydrogen) atoms. The van der Waals surface area contributed by atoms with Gasteiger partial charge >= 0.3 is 6.03 Å². The second-order valence-electron chi connectivity index (χ2n) is 5.56. The van der Waals surface area contributed by atoms with Crippen LogP contribution < -0.4 is 5.32 Å². The smallest absolute Gasteiger partial charge is 0.318 e. The molecule has 0 unspecified atom stereocenters. The van der Waals surface area contributed by atoms with Crippen LogP contribution in [0.25, 0.3) is 0 Å². The molecule has 0 aromatic heterocycles. The largest absolute Gasteiger partial charge is 0.379 e. The average molecular weight is 320 g/mol. The first kappa shape index (κ1) is 17.9. The van der Waals surface area contributed by atoms with Crippen LogP contribution in [0.15, 0.2) is 0 Å². The third-order valence-corrected chi connectivity index (χ3v) is 5.24. The van der Waals surface area contributed by atoms with Crippen LogP contribution in [0.3, 0.4) is 0 Å². The molecule has 0 aliphatic carbocycles. The number of rotatable bonds is 5. The highest BCUT2D eigenvalue weighted by Gasteiger charge is 2.32. The summed E-state index contributed by atoms with van der Waals surface area (Å²) in [5, 5.41) is 2.66. The number of ether oxygens (including phenoxy) is 1. The number of nitrogens with zero attached hydrogens (tertiary/aromatic N) is 1. The summed E-state index contributed by atoms with van der Waals surface area (Å²) >= 11 is 0. The number of methoxy groups -OCH3 is 1. The van der Waals surface area contributed by atoms with Crippen molar-refractivity contribution in [3.63, 3.8) is 0 Å². The Kier molecular flexibility index (Phi) is 6.15. The highest BCUT2D eigenvalue weighted by atomic mass is 32.2. The maximum atomic E-state index is 12.2. The zero-order chi connectivity index (χ0) is 16.2. The van der Waals surface area contributed by atoms with Crippen LogP contribution in [0.5, 0.6) is 0 Å². The van der Waals surface area contributed by atoms with Crippen molar-refractivity contribution in [3.05, 3.63) is 0 Å². The maximum absolute atomic E-state index is 12.2. The Morgan fingerprint density at radius 2 is 1.67 bits per heavy atom. The number of carbonyl (C=O) groups is 2. The van der Waals surface area contributed by atoms with E-state index in [2.05, 4.69) is 5.32 Å². The first-order valence-electron chi connectivity index (χ1n) is 7.00. The number of sulfone groups is 1. The summed E-state index contributed by atoms with van der Waals surface area (Å²) in [7, 11) is -1.56. The predicted molar refractivity (Wildman–Crippen MR) is 78.9 cm³/mol. The molecule has 1 aliphatic rings. The van der Waals surface area contributed by atoms with E-state index in [-0.39, 0.29) is 36.3 Å². The number of hydrogen-bond acceptors (Lipinski definition) is 5. The molecule has 1 rings (SSSR count). The summed E-state index contributed by atoms with van der Waals surface area (Å²) in [4.78, 5) is 25.8. The standard InChI is InChI=1S/C13H24N2O5S/c1-9(2)12(16)11(10(3)20-4)14-13(17)15-5-7-21(18,19)8-6-15/h9-11H,5-8H2,1-4H3,(H,14,17)/t10-,11+/m1/s1. The van der Waals surface area contributed by atoms with E-state index >= 15 is 0 Å². The Hall–Kier alpha value is -1.15. The molecule has 1 saturated heterocycles. The van der Waals surface area contributed by atoms with E-state index in [4.69, 9.17) is 4.74 Å². The molecule has 1 N–H and O–H groups in total. The fourth-order valence-electron chi connectivity index (χ4n) is 2.05. The van der Waals surface area contributed by atoms with Gasteiger partial charge in [-0.25, -0.2) is 13.2 Å². The third-order valence-electron chi connectivity index (χ3n) is 3.63. The van der Waals surface area contributed by atoms with Crippen LogP contribution in [0.4, 0.5) is 4.79 Å². The predicted octanol–water partition coefficient (Wildman–Crippen LogP) is 0.0550. The summed E-state index contributed by atoms with van der Waals surface area (Å²) in [6.45, 7) is 5.54. The molecule has 1 heterocycles. The van der Waals surface area contributed by atoms with Crippen LogP contribution >= 0.6 is 0 Å². The van der Waals surface area contributed by atoms with Gasteiger partial charge in [-0.3, -0.25) is 4.79 Å². The SMILES string of the molecule is CO[C@H](C)[C@H](NC(=O)N1CCS(=O)(=O)CC1)C(=O)C(C)C. The van der Waals surface area contributed by atoms with Gasteiger partial charge in [0.1, 0.15) is 6.04 Å². The minimum atomic E-state index is -3.04. The molecule has 2 atom stereocenters. The minimum Gasteiger partial charge on any atom is -0.379 e. The summed E-state index contributed by atoms with van der Waals surface area (Å²) < 4.78 is 27.9. The van der Waals surface area contributed by atoms with Crippen molar-refractivity contribution in [1.29, 1.82) is 0 Å². The highest BCUT2D eigenvalue weighted by molar-refractivity contribution is 7.91. The van der Waals surface area contributed by atoms with E-state index in [1.165, 1.54) is 12.0 Å². The van der Waals surface area contributed by atoms with E-state index < -0.39 is 28.0 Å². The van der Waals surface area contributed by atoms with Crippen molar-refractivity contribution in [1.82, 2.24) is 10.2 Å². The third kappa shape index (κ3) is 4.96. The van der Waals surface area contributed by atoms with Crippen molar-refractivity contribution in [2.75, 3.05) is 31.7 Å². The number of nitrogens with one attached hydrogen (secondary N) is 1. The van der Waals surface area contributed by atoms with Gasteiger partial charge in [-0.05, 0) is 6.92 Å². The van der Waals surface area contributed by atoms with Gasteiger partial charge in [0.2, 0.25) is 0 Å². The van der Waals surface area contributed by atoms with Crippen LogP contribution in [0.2, 0.25) is 0 Å². The first-order valence-corrected chi connectivity index (χ1v) is 8.82. The molecule has 0 bridgehead atoms. The fourth-order valence-corrected chi connectivity index (χ4v) is 3.26. The number of amides is 2. The monoisotopic (exact) mass is 320 g/mol. The first-order chi connectivity index (χ1) is 9.68. The number of ketones is 1. The molecule has 0 radical (unpaired) electrons. The highest BCUT2D eigenvalue weighted by Crippen LogP contribution is 2.09. The molecule has 0 saturated carbocycles. The molecule has 122 valence electrons. The molecular formula is C13H24N2O5S. The van der Waals surface area contributed by atoms with E-state index in [0.29, 0.717) is 0 Å². The zero-order valence-corrected chi connectivity index (χ0v) is 13.8. The maximum Gasteiger partial charge on any atom is 0.318 e. The van der Waals surface area contributed by atoms with Crippen LogP contribution in [-0.2, 0) is 19.4 Å². The van der Waals surface area contributed by atoms with Crippen LogP contribution in [0, 0.1) is 5.92 Å². The Labute approximate surface area is 125 Å². The van der Waals surface area contributed by atoms with Gasteiger partial charge in [-0.2, -0.15) is 0 Å². The quantitative estimate of drug-likeness (QED) is 0.773. The van der Waals surface area contributed by atoms with Gasteiger partial charge in [0.25, 0.3) is 0 Å². The number of hydrogen-bond donors (Lipinski definition) is 1. The van der Waals surface area contributed by atoms with Crippen molar-refractivity contribution in [2.24, 2.45) is 5.92 Å². The lowest BCUT2D eigenvalue weighted by Crippen LogP contribution is -2.56. The lowest BCUT2D eigenvalue weighted by Gasteiger charge is -2.31. The fraction of sp³-hybridized carbons (Fsp3) is 0.846. The van der Waals surface area contributed by atoms with Gasteiger partial charge in [0.15, 0.2) is 15.6 Å². The molecule has 2 amide bonds. The molecule has 1 aliphatic heterocycles. The topological polar surface area (TPSA) is 92.8 Å². The second kappa shape index (κ2) is 7.22. The van der Waals surface area contributed by atoms with Crippen molar-refractivity contribution < 1.29 is 22.7 Å². The molecule has 0 aromatic rings. The summed E-state index contributed by atoms with van der Waals surface area (Å²) in [5.41, 5.74) is 0. The van der Waals surface area contributed by atoms with Gasteiger partial charge in [-0.1, -0.05) is 13.8 Å². The average Bonchev–Trinajstić information content (AvgIpc) is 2.42. The normalized spacial score (nSPS) is 20.9. The van der Waals surface area contributed by atoms with E-state index in [1.807, 2.05) is 0 Å². The zero-order valence-electron chi connectivity index (χ0n) is 13.0. The Balaban J connectivity index is 2.71. The summed E-state index contributed by atoms with van der Waals surface area (Å²) in [5.74, 6) is -0.413. The van der Waals surface area contributed by atoms with E-state index in [1.54, 1.807) is 20.8 Å². The molecule has 7 nitrogen and oxygen atoms in total. The lowest BCUT2D eigenvalue weighted by atomic mass is 9.98. The van der Waals surface area contributed by atoms with Gasteiger partial charge < -0.3 is 15.0 Å². The van der Waals surface area contributed by atoms with Crippen LogP contribution in [-0.4, -0.2) is 69.0 Å². The molecule has 0 aromatic carbocycles.